The Bertz CT molecular complexity index is 1360. The van der Waals surface area contributed by atoms with Crippen molar-refractivity contribution in [3.05, 3.63) is 88.7 Å². The first-order valence-corrected chi connectivity index (χ1v) is 11.7. The molecule has 4 amide bonds. The number of hydrogen-bond donors (Lipinski definition) is 1. The van der Waals surface area contributed by atoms with Gasteiger partial charge in [0.25, 0.3) is 11.8 Å². The largest absolute Gasteiger partial charge is 0.573 e. The summed E-state index contributed by atoms with van der Waals surface area (Å²) in [6.45, 7) is 3.25. The molecule has 1 saturated heterocycles. The summed E-state index contributed by atoms with van der Waals surface area (Å²) in [4.78, 5) is 45.7. The number of halogens is 4. The molecule has 38 heavy (non-hydrogen) atoms. The predicted octanol–water partition coefficient (Wildman–Crippen LogP) is 5.31. The first-order chi connectivity index (χ1) is 17.9. The van der Waals surface area contributed by atoms with Gasteiger partial charge in [-0.2, -0.15) is 0 Å². The zero-order valence-corrected chi connectivity index (χ0v) is 21.0. The van der Waals surface area contributed by atoms with Crippen LogP contribution in [0.2, 0.25) is 5.02 Å². The highest BCUT2D eigenvalue weighted by Crippen LogP contribution is 2.35. The Hall–Kier alpha value is -4.12. The zero-order chi connectivity index (χ0) is 27.7. The molecule has 198 valence electrons. The molecule has 4 rings (SSSR count). The Labute approximate surface area is 221 Å². The first-order valence-electron chi connectivity index (χ1n) is 11.3. The molecule has 1 N–H and O–H groups in total. The summed E-state index contributed by atoms with van der Waals surface area (Å²) in [7, 11) is 0. The minimum absolute atomic E-state index is 0.0840. The van der Waals surface area contributed by atoms with Gasteiger partial charge in [0, 0.05) is 30.5 Å². The normalized spacial score (nSPS) is 15.1. The summed E-state index contributed by atoms with van der Waals surface area (Å²) in [6.07, 6.45) is -2.03. The van der Waals surface area contributed by atoms with E-state index in [1.165, 1.54) is 29.4 Å². The third-order valence-electron chi connectivity index (χ3n) is 6.00. The van der Waals surface area contributed by atoms with Crippen molar-refractivity contribution in [1.82, 2.24) is 15.2 Å². The zero-order valence-electron chi connectivity index (χ0n) is 20.3. The second-order valence-electron chi connectivity index (χ2n) is 8.95. The number of alkyl halides is 3. The van der Waals surface area contributed by atoms with E-state index in [-0.39, 0.29) is 24.3 Å². The molecule has 2 heterocycles. The lowest BCUT2D eigenvalue weighted by atomic mass is 10.0. The van der Waals surface area contributed by atoms with E-state index in [9.17, 15) is 27.6 Å². The summed E-state index contributed by atoms with van der Waals surface area (Å²) >= 11 is 5.89. The van der Waals surface area contributed by atoms with Crippen LogP contribution in [0, 0.1) is 0 Å². The van der Waals surface area contributed by atoms with Gasteiger partial charge in [-0.3, -0.25) is 14.6 Å². The Morgan fingerprint density at radius 2 is 1.71 bits per heavy atom. The number of carbonyl (C=O) groups is 3. The number of rotatable bonds is 7. The molecule has 0 aliphatic carbocycles. The monoisotopic (exact) mass is 546 g/mol. The topological polar surface area (TPSA) is 91.8 Å². The maximum absolute atomic E-state index is 13.4. The van der Waals surface area contributed by atoms with Gasteiger partial charge in [-0.15, -0.1) is 13.2 Å². The van der Waals surface area contributed by atoms with Crippen LogP contribution in [0.1, 0.15) is 35.3 Å². The van der Waals surface area contributed by atoms with Crippen molar-refractivity contribution in [2.75, 3.05) is 4.90 Å². The third kappa shape index (κ3) is 5.72. The maximum Gasteiger partial charge on any atom is 0.573 e. The average Bonchev–Trinajstić information content (AvgIpc) is 3.02. The van der Waals surface area contributed by atoms with E-state index in [2.05, 4.69) is 15.0 Å². The van der Waals surface area contributed by atoms with E-state index >= 15 is 0 Å². The molecule has 0 radical (unpaired) electrons. The van der Waals surface area contributed by atoms with E-state index in [0.717, 1.165) is 22.6 Å². The van der Waals surface area contributed by atoms with Gasteiger partial charge in [-0.1, -0.05) is 23.7 Å². The number of hydrogen-bond acceptors (Lipinski definition) is 5. The van der Waals surface area contributed by atoms with Crippen molar-refractivity contribution in [3.63, 3.8) is 0 Å². The molecular formula is C26H22ClF3N4O4. The van der Waals surface area contributed by atoms with Gasteiger partial charge in [0.05, 0.1) is 11.3 Å². The van der Waals surface area contributed by atoms with Crippen molar-refractivity contribution < 1.29 is 32.3 Å². The van der Waals surface area contributed by atoms with Crippen molar-refractivity contribution in [2.45, 2.75) is 38.8 Å². The lowest BCUT2D eigenvalue weighted by Crippen LogP contribution is -2.44. The predicted molar refractivity (Wildman–Crippen MR) is 132 cm³/mol. The van der Waals surface area contributed by atoms with Gasteiger partial charge in [0.1, 0.15) is 11.3 Å². The number of benzene rings is 2. The molecule has 3 aromatic rings. The number of aromatic nitrogens is 1. The van der Waals surface area contributed by atoms with E-state index in [0.29, 0.717) is 10.6 Å². The highest BCUT2D eigenvalue weighted by molar-refractivity contribution is 6.30. The molecule has 1 aliphatic heterocycles. The molecule has 0 saturated carbocycles. The van der Waals surface area contributed by atoms with Crippen LogP contribution in [0.5, 0.6) is 5.75 Å². The second kappa shape index (κ2) is 10.3. The molecule has 0 spiro atoms. The van der Waals surface area contributed by atoms with Crippen molar-refractivity contribution in [2.24, 2.45) is 0 Å². The van der Waals surface area contributed by atoms with Gasteiger partial charge in [0.15, 0.2) is 0 Å². The Morgan fingerprint density at radius 1 is 1.05 bits per heavy atom. The molecular weight excluding hydrogens is 525 g/mol. The van der Waals surface area contributed by atoms with E-state index < -0.39 is 35.5 Å². The standard InChI is InChI=1S/C26H22ClF3N4O4/c1-25(2)23(36)34(19-7-9-20(10-8-19)38-26(28,29)30)24(37)33(25)15-17-11-12-31-14-21(17)22(35)32-13-16-3-5-18(27)6-4-16/h3-12,14H,13,15H2,1-2H3,(H,32,35). The number of anilines is 1. The highest BCUT2D eigenvalue weighted by Gasteiger charge is 2.52. The minimum atomic E-state index is -4.87. The van der Waals surface area contributed by atoms with Gasteiger partial charge in [-0.25, -0.2) is 9.69 Å². The Kier molecular flexibility index (Phi) is 7.32. The van der Waals surface area contributed by atoms with Crippen LogP contribution < -0.4 is 15.0 Å². The molecule has 12 heteroatoms. The average molecular weight is 547 g/mol. The summed E-state index contributed by atoms with van der Waals surface area (Å²) in [6, 6.07) is 12.3. The van der Waals surface area contributed by atoms with Gasteiger partial charge in [0.2, 0.25) is 0 Å². The van der Waals surface area contributed by atoms with E-state index in [1.807, 2.05) is 0 Å². The van der Waals surface area contributed by atoms with Crippen LogP contribution in [0.15, 0.2) is 67.0 Å². The molecule has 1 aliphatic rings. The molecule has 0 bridgehead atoms. The van der Waals surface area contributed by atoms with Crippen LogP contribution in [0.25, 0.3) is 0 Å². The SMILES string of the molecule is CC1(C)C(=O)N(c2ccc(OC(F)(F)F)cc2)C(=O)N1Cc1ccncc1C(=O)NCc1ccc(Cl)cc1. The number of nitrogens with zero attached hydrogens (tertiary/aromatic N) is 3. The molecule has 2 aromatic carbocycles. The van der Waals surface area contributed by atoms with Crippen LogP contribution in [0.3, 0.4) is 0 Å². The fourth-order valence-electron chi connectivity index (χ4n) is 3.94. The summed E-state index contributed by atoms with van der Waals surface area (Å²) in [5.74, 6) is -1.48. The minimum Gasteiger partial charge on any atom is -0.406 e. The number of imide groups is 1. The number of amides is 4. The van der Waals surface area contributed by atoms with E-state index in [1.54, 1.807) is 44.2 Å². The number of nitrogens with one attached hydrogen (secondary N) is 1. The van der Waals surface area contributed by atoms with Crippen molar-refractivity contribution >= 4 is 35.1 Å². The Morgan fingerprint density at radius 3 is 2.34 bits per heavy atom. The van der Waals surface area contributed by atoms with Crippen molar-refractivity contribution in [1.29, 1.82) is 0 Å². The number of urea groups is 1. The number of pyridine rings is 1. The summed E-state index contributed by atoms with van der Waals surface area (Å²) in [5.41, 5.74) is 0.291. The van der Waals surface area contributed by atoms with Gasteiger partial charge < -0.3 is 15.0 Å². The molecule has 0 atom stereocenters. The number of carbonyl (C=O) groups excluding carboxylic acids is 3. The second-order valence-corrected chi connectivity index (χ2v) is 9.39. The van der Waals surface area contributed by atoms with Crippen LogP contribution in [-0.2, 0) is 17.9 Å². The van der Waals surface area contributed by atoms with Gasteiger partial charge in [-0.05, 0) is 67.4 Å². The van der Waals surface area contributed by atoms with E-state index in [4.69, 9.17) is 11.6 Å². The lowest BCUT2D eigenvalue weighted by Gasteiger charge is -2.28. The van der Waals surface area contributed by atoms with Gasteiger partial charge >= 0.3 is 12.4 Å². The lowest BCUT2D eigenvalue weighted by molar-refractivity contribution is -0.274. The smallest absolute Gasteiger partial charge is 0.406 e. The first kappa shape index (κ1) is 26.9. The fraction of sp³-hybridized carbons (Fsp3) is 0.231. The Balaban J connectivity index is 1.53. The summed E-state index contributed by atoms with van der Waals surface area (Å²) < 4.78 is 41.3. The fourth-order valence-corrected chi connectivity index (χ4v) is 4.07. The third-order valence-corrected chi connectivity index (χ3v) is 6.25. The molecule has 1 aromatic heterocycles. The number of ether oxygens (including phenoxy) is 1. The molecule has 8 nitrogen and oxygen atoms in total. The molecule has 1 fully saturated rings. The highest BCUT2D eigenvalue weighted by atomic mass is 35.5. The quantitative estimate of drug-likeness (QED) is 0.405. The van der Waals surface area contributed by atoms with Crippen molar-refractivity contribution in [3.8, 4) is 5.75 Å². The molecule has 0 unspecified atom stereocenters. The van der Waals surface area contributed by atoms with Crippen LogP contribution >= 0.6 is 11.6 Å². The van der Waals surface area contributed by atoms with Crippen LogP contribution in [-0.4, -0.2) is 39.6 Å². The maximum atomic E-state index is 13.4. The van der Waals surface area contributed by atoms with Crippen LogP contribution in [0.4, 0.5) is 23.7 Å². The summed E-state index contributed by atoms with van der Waals surface area (Å²) in [5, 5.41) is 3.37.